The minimum atomic E-state index is 0.884. The van der Waals surface area contributed by atoms with E-state index in [2.05, 4.69) is 47.6 Å². The van der Waals surface area contributed by atoms with Gasteiger partial charge < -0.3 is 5.32 Å². The van der Waals surface area contributed by atoms with E-state index in [0.717, 1.165) is 36.1 Å². The molecule has 1 heterocycles. The third kappa shape index (κ3) is 3.18. The average molecular weight is 268 g/mol. The number of aryl methyl sites for hydroxylation is 1. The molecule has 0 aliphatic heterocycles. The van der Waals surface area contributed by atoms with Gasteiger partial charge in [-0.15, -0.1) is 0 Å². The van der Waals surface area contributed by atoms with Gasteiger partial charge >= 0.3 is 0 Å². The first-order valence-corrected chi connectivity index (χ1v) is 7.78. The fraction of sp³-hybridized carbons (Fsp3) is 0.500. The van der Waals surface area contributed by atoms with E-state index in [0.29, 0.717) is 0 Å². The van der Waals surface area contributed by atoms with Crippen molar-refractivity contribution >= 4 is 10.9 Å². The number of fused-ring (bicyclic) bond motifs is 1. The average Bonchev–Trinajstić information content (AvgIpc) is 2.85. The van der Waals surface area contributed by atoms with Crippen molar-refractivity contribution in [3.63, 3.8) is 0 Å². The van der Waals surface area contributed by atoms with Crippen LogP contribution in [0.25, 0.3) is 10.9 Å². The second kappa shape index (κ2) is 5.92. The Hall–Kier alpha value is -1.41. The molecular formula is C18H24N2. The van der Waals surface area contributed by atoms with Crippen LogP contribution in [0.5, 0.6) is 0 Å². The molecule has 1 aromatic heterocycles. The molecule has 106 valence electrons. The lowest BCUT2D eigenvalue weighted by atomic mass is 10.1. The van der Waals surface area contributed by atoms with E-state index in [9.17, 15) is 0 Å². The fourth-order valence-electron chi connectivity index (χ4n) is 3.32. The zero-order valence-electron chi connectivity index (χ0n) is 12.5. The Morgan fingerprint density at radius 2 is 2.10 bits per heavy atom. The number of pyridine rings is 1. The van der Waals surface area contributed by atoms with E-state index in [-0.39, 0.29) is 0 Å². The van der Waals surface area contributed by atoms with Crippen molar-refractivity contribution in [1.82, 2.24) is 10.3 Å². The van der Waals surface area contributed by atoms with Crippen LogP contribution in [0, 0.1) is 18.8 Å². The fourth-order valence-corrected chi connectivity index (χ4v) is 3.32. The van der Waals surface area contributed by atoms with Crippen LogP contribution in [-0.2, 0) is 6.54 Å². The van der Waals surface area contributed by atoms with Crippen LogP contribution in [0.3, 0.4) is 0 Å². The van der Waals surface area contributed by atoms with E-state index in [1.165, 1.54) is 30.2 Å². The van der Waals surface area contributed by atoms with Crippen molar-refractivity contribution in [3.05, 3.63) is 41.6 Å². The number of rotatable bonds is 4. The number of hydrogen-bond acceptors (Lipinski definition) is 2. The lowest BCUT2D eigenvalue weighted by molar-refractivity contribution is 0.471. The van der Waals surface area contributed by atoms with Crippen molar-refractivity contribution in [2.75, 3.05) is 6.54 Å². The third-order valence-corrected chi connectivity index (χ3v) is 4.46. The van der Waals surface area contributed by atoms with Gasteiger partial charge in [-0.05, 0) is 61.9 Å². The summed E-state index contributed by atoms with van der Waals surface area (Å²) in [4.78, 5) is 4.55. The summed E-state index contributed by atoms with van der Waals surface area (Å²) in [5.74, 6) is 1.81. The first-order valence-electron chi connectivity index (χ1n) is 7.78. The molecule has 0 saturated heterocycles. The highest BCUT2D eigenvalue weighted by molar-refractivity contribution is 5.79. The van der Waals surface area contributed by atoms with Gasteiger partial charge in [0, 0.05) is 17.6 Å². The van der Waals surface area contributed by atoms with Crippen LogP contribution in [0.2, 0.25) is 0 Å². The highest BCUT2D eigenvalue weighted by Crippen LogP contribution is 2.29. The van der Waals surface area contributed by atoms with Crippen LogP contribution in [0.1, 0.15) is 37.4 Å². The summed E-state index contributed by atoms with van der Waals surface area (Å²) >= 11 is 0. The molecular weight excluding hydrogens is 244 g/mol. The second-order valence-electron chi connectivity index (χ2n) is 6.39. The lowest BCUT2D eigenvalue weighted by Gasteiger charge is -2.11. The molecule has 0 amide bonds. The normalized spacial score (nSPS) is 22.5. The van der Waals surface area contributed by atoms with Crippen LogP contribution in [0.15, 0.2) is 30.3 Å². The van der Waals surface area contributed by atoms with Crippen LogP contribution in [-0.4, -0.2) is 11.5 Å². The number of aromatic nitrogens is 1. The van der Waals surface area contributed by atoms with Gasteiger partial charge in [-0.3, -0.25) is 4.98 Å². The summed E-state index contributed by atoms with van der Waals surface area (Å²) < 4.78 is 0. The van der Waals surface area contributed by atoms with Crippen LogP contribution in [0.4, 0.5) is 0 Å². The predicted octanol–water partition coefficient (Wildman–Crippen LogP) is 4.07. The van der Waals surface area contributed by atoms with E-state index in [1.807, 2.05) is 6.92 Å². The lowest BCUT2D eigenvalue weighted by Crippen LogP contribution is -2.20. The molecule has 0 bridgehead atoms. The standard InChI is InChI=1S/C18H24N2/c1-13-3-5-15(9-13)11-19-12-16-6-8-18-17(10-16)7-4-14(2)20-18/h4,6-8,10,13,15,19H,3,5,9,11-12H2,1-2H3. The maximum absolute atomic E-state index is 4.55. The zero-order chi connectivity index (χ0) is 13.9. The molecule has 0 radical (unpaired) electrons. The molecule has 2 heteroatoms. The Balaban J connectivity index is 1.59. The van der Waals surface area contributed by atoms with Gasteiger partial charge in [0.2, 0.25) is 0 Å². The van der Waals surface area contributed by atoms with E-state index in [4.69, 9.17) is 0 Å². The summed E-state index contributed by atoms with van der Waals surface area (Å²) in [5.41, 5.74) is 3.53. The highest BCUT2D eigenvalue weighted by atomic mass is 14.9. The molecule has 2 unspecified atom stereocenters. The molecule has 1 saturated carbocycles. The van der Waals surface area contributed by atoms with Crippen molar-refractivity contribution in [2.24, 2.45) is 11.8 Å². The maximum Gasteiger partial charge on any atom is 0.0705 e. The first-order chi connectivity index (χ1) is 9.70. The van der Waals surface area contributed by atoms with Gasteiger partial charge in [-0.25, -0.2) is 0 Å². The largest absolute Gasteiger partial charge is 0.312 e. The Labute approximate surface area is 121 Å². The Kier molecular flexibility index (Phi) is 4.02. The summed E-state index contributed by atoms with van der Waals surface area (Å²) in [6.07, 6.45) is 4.20. The van der Waals surface area contributed by atoms with Gasteiger partial charge in [-0.1, -0.05) is 25.5 Å². The van der Waals surface area contributed by atoms with E-state index in [1.54, 1.807) is 0 Å². The molecule has 1 aliphatic carbocycles. The molecule has 3 rings (SSSR count). The quantitative estimate of drug-likeness (QED) is 0.904. The molecule has 1 N–H and O–H groups in total. The molecule has 1 aliphatic rings. The molecule has 1 fully saturated rings. The maximum atomic E-state index is 4.55. The van der Waals surface area contributed by atoms with Gasteiger partial charge in [0.25, 0.3) is 0 Å². The number of benzene rings is 1. The molecule has 2 aromatic rings. The van der Waals surface area contributed by atoms with E-state index >= 15 is 0 Å². The monoisotopic (exact) mass is 268 g/mol. The Morgan fingerprint density at radius 1 is 1.20 bits per heavy atom. The molecule has 2 nitrogen and oxygen atoms in total. The second-order valence-corrected chi connectivity index (χ2v) is 6.39. The summed E-state index contributed by atoms with van der Waals surface area (Å²) in [5, 5.41) is 4.86. The SMILES string of the molecule is Cc1ccc2cc(CNCC3CCC(C)C3)ccc2n1. The first kappa shape index (κ1) is 13.6. The molecule has 1 aromatic carbocycles. The van der Waals surface area contributed by atoms with Crippen molar-refractivity contribution in [1.29, 1.82) is 0 Å². The molecule has 2 atom stereocenters. The Bertz CT molecular complexity index is 591. The van der Waals surface area contributed by atoms with Gasteiger partial charge in [0.1, 0.15) is 0 Å². The summed E-state index contributed by atoms with van der Waals surface area (Å²) in [7, 11) is 0. The smallest absolute Gasteiger partial charge is 0.0705 e. The zero-order valence-corrected chi connectivity index (χ0v) is 12.5. The van der Waals surface area contributed by atoms with Gasteiger partial charge in [0.15, 0.2) is 0 Å². The van der Waals surface area contributed by atoms with Gasteiger partial charge in [-0.2, -0.15) is 0 Å². The Morgan fingerprint density at radius 3 is 2.90 bits per heavy atom. The number of nitrogens with one attached hydrogen (secondary N) is 1. The summed E-state index contributed by atoms with van der Waals surface area (Å²) in [6.45, 7) is 6.54. The highest BCUT2D eigenvalue weighted by Gasteiger charge is 2.20. The summed E-state index contributed by atoms with van der Waals surface area (Å²) in [6, 6.07) is 10.8. The van der Waals surface area contributed by atoms with Crippen LogP contribution < -0.4 is 5.32 Å². The predicted molar refractivity (Wildman–Crippen MR) is 84.7 cm³/mol. The number of hydrogen-bond donors (Lipinski definition) is 1. The van der Waals surface area contributed by atoms with Crippen molar-refractivity contribution < 1.29 is 0 Å². The molecule has 0 spiro atoms. The minimum Gasteiger partial charge on any atom is -0.312 e. The third-order valence-electron chi connectivity index (χ3n) is 4.46. The van der Waals surface area contributed by atoms with Crippen molar-refractivity contribution in [3.8, 4) is 0 Å². The van der Waals surface area contributed by atoms with Gasteiger partial charge in [0.05, 0.1) is 5.52 Å². The van der Waals surface area contributed by atoms with Crippen molar-refractivity contribution in [2.45, 2.75) is 39.7 Å². The molecule has 20 heavy (non-hydrogen) atoms. The number of nitrogens with zero attached hydrogens (tertiary/aromatic N) is 1. The topological polar surface area (TPSA) is 24.9 Å². The minimum absolute atomic E-state index is 0.884. The van der Waals surface area contributed by atoms with E-state index < -0.39 is 0 Å². The van der Waals surface area contributed by atoms with Crippen LogP contribution >= 0.6 is 0 Å².